The number of benzene rings is 2. The topological polar surface area (TPSA) is 80.8 Å². The van der Waals surface area contributed by atoms with E-state index in [9.17, 15) is 22.8 Å². The highest BCUT2D eigenvalue weighted by Crippen LogP contribution is 2.33. The molecule has 2 atom stereocenters. The van der Waals surface area contributed by atoms with Gasteiger partial charge in [0.1, 0.15) is 17.7 Å². The third kappa shape index (κ3) is 6.36. The van der Waals surface area contributed by atoms with Crippen LogP contribution in [0.25, 0.3) is 0 Å². The van der Waals surface area contributed by atoms with Crippen LogP contribution in [0.15, 0.2) is 60.8 Å². The summed E-state index contributed by atoms with van der Waals surface area (Å²) < 4.78 is 49.6. The molecule has 200 valence electrons. The molecular weight excluding hydrogens is 523 g/mol. The Morgan fingerprint density at radius 2 is 1.89 bits per heavy atom. The number of anilines is 1. The van der Waals surface area contributed by atoms with Crippen molar-refractivity contribution in [1.29, 1.82) is 0 Å². The van der Waals surface area contributed by atoms with Crippen molar-refractivity contribution in [3.05, 3.63) is 88.1 Å². The number of hydrogen-bond acceptors (Lipinski definition) is 6. The smallest absolute Gasteiger partial charge is 0.416 e. The molecule has 0 aliphatic carbocycles. The number of aromatic nitrogens is 1. The number of esters is 1. The Morgan fingerprint density at radius 1 is 1.16 bits per heavy atom. The predicted octanol–water partition coefficient (Wildman–Crippen LogP) is 5.69. The van der Waals surface area contributed by atoms with Gasteiger partial charge in [0.05, 0.1) is 41.4 Å². The summed E-state index contributed by atoms with van der Waals surface area (Å²) >= 11 is 6.15. The lowest BCUT2D eigenvalue weighted by atomic mass is 10.1. The van der Waals surface area contributed by atoms with Gasteiger partial charge in [0, 0.05) is 19.2 Å². The number of ether oxygens (including phenoxy) is 2. The van der Waals surface area contributed by atoms with E-state index >= 15 is 0 Å². The number of pyridine rings is 1. The number of carbonyl (C=O) groups excluding carboxylic acids is 2. The number of nitrogens with zero attached hydrogens (tertiary/aromatic N) is 2. The SMILES string of the molecule is COC(=O)c1ccc(C(C)NC(=O)c2cc(Cl)cnc2N2CCC(Oc3cccc(C(F)(F)F)c3)C2)cc1. The first kappa shape index (κ1) is 27.3. The standard InChI is InChI=1S/C27H25ClF3N3O4/c1-16(17-6-8-18(9-7-17)26(36)37-2)33-25(35)23-13-20(28)14-32-24(23)34-11-10-22(15-34)38-21-5-3-4-19(12-21)27(29,30)31/h3-9,12-14,16,22H,10-11,15H2,1-2H3,(H,33,35). The average molecular weight is 548 g/mol. The number of amides is 1. The minimum absolute atomic E-state index is 0.126. The molecule has 1 N–H and O–H groups in total. The van der Waals surface area contributed by atoms with Crippen molar-refractivity contribution < 1.29 is 32.2 Å². The van der Waals surface area contributed by atoms with Gasteiger partial charge in [0.25, 0.3) is 5.91 Å². The van der Waals surface area contributed by atoms with Crippen LogP contribution in [-0.4, -0.2) is 43.2 Å². The van der Waals surface area contributed by atoms with Crippen molar-refractivity contribution in [1.82, 2.24) is 10.3 Å². The van der Waals surface area contributed by atoms with Gasteiger partial charge in [0.2, 0.25) is 0 Å². The second-order valence-corrected chi connectivity index (χ2v) is 9.27. The van der Waals surface area contributed by atoms with E-state index in [1.165, 1.54) is 31.5 Å². The summed E-state index contributed by atoms with van der Waals surface area (Å²) in [4.78, 5) is 31.1. The van der Waals surface area contributed by atoms with E-state index in [-0.39, 0.29) is 22.4 Å². The van der Waals surface area contributed by atoms with Crippen LogP contribution in [0.1, 0.15) is 51.2 Å². The van der Waals surface area contributed by atoms with Crippen molar-refractivity contribution in [2.45, 2.75) is 31.7 Å². The van der Waals surface area contributed by atoms with Gasteiger partial charge in [-0.3, -0.25) is 4.79 Å². The van der Waals surface area contributed by atoms with Crippen LogP contribution in [0.4, 0.5) is 19.0 Å². The van der Waals surface area contributed by atoms with E-state index in [1.807, 2.05) is 4.90 Å². The number of rotatable bonds is 7. The molecule has 2 aromatic carbocycles. The maximum absolute atomic E-state index is 13.2. The monoisotopic (exact) mass is 547 g/mol. The van der Waals surface area contributed by atoms with Crippen LogP contribution >= 0.6 is 11.6 Å². The van der Waals surface area contributed by atoms with Crippen molar-refractivity contribution >= 4 is 29.3 Å². The molecule has 1 aliphatic rings. The molecule has 4 rings (SSSR count). The molecule has 0 saturated carbocycles. The van der Waals surface area contributed by atoms with Crippen molar-refractivity contribution in [2.75, 3.05) is 25.1 Å². The first-order chi connectivity index (χ1) is 18.0. The number of methoxy groups -OCH3 is 1. The second-order valence-electron chi connectivity index (χ2n) is 8.83. The quantitative estimate of drug-likeness (QED) is 0.383. The molecule has 2 unspecified atom stereocenters. The Kier molecular flexibility index (Phi) is 8.11. The van der Waals surface area contributed by atoms with Crippen LogP contribution in [0.2, 0.25) is 5.02 Å². The summed E-state index contributed by atoms with van der Waals surface area (Å²) in [5.41, 5.74) is 0.651. The zero-order valence-electron chi connectivity index (χ0n) is 20.6. The van der Waals surface area contributed by atoms with Crippen LogP contribution in [-0.2, 0) is 10.9 Å². The largest absolute Gasteiger partial charge is 0.489 e. The van der Waals surface area contributed by atoms with Crippen LogP contribution < -0.4 is 15.0 Å². The average Bonchev–Trinajstić information content (AvgIpc) is 3.36. The second kappa shape index (κ2) is 11.3. The molecule has 1 amide bonds. The summed E-state index contributed by atoms with van der Waals surface area (Å²) in [5, 5.41) is 3.20. The molecule has 1 aromatic heterocycles. The number of halogens is 4. The normalized spacial score (nSPS) is 16.2. The molecule has 0 bridgehead atoms. The Hall–Kier alpha value is -3.79. The van der Waals surface area contributed by atoms with Gasteiger partial charge in [-0.05, 0) is 48.9 Å². The van der Waals surface area contributed by atoms with E-state index in [0.717, 1.165) is 17.7 Å². The Labute approximate surface area is 222 Å². The molecular formula is C27H25ClF3N3O4. The molecule has 2 heterocycles. The first-order valence-corrected chi connectivity index (χ1v) is 12.2. The molecule has 0 radical (unpaired) electrons. The van der Waals surface area contributed by atoms with Gasteiger partial charge in [-0.2, -0.15) is 13.2 Å². The maximum Gasteiger partial charge on any atom is 0.416 e. The minimum atomic E-state index is -4.46. The van der Waals surface area contributed by atoms with E-state index in [4.69, 9.17) is 21.1 Å². The zero-order chi connectivity index (χ0) is 27.4. The van der Waals surface area contributed by atoms with Gasteiger partial charge in [-0.15, -0.1) is 0 Å². The van der Waals surface area contributed by atoms with E-state index in [2.05, 4.69) is 10.3 Å². The van der Waals surface area contributed by atoms with Gasteiger partial charge in [0.15, 0.2) is 0 Å². The Balaban J connectivity index is 1.45. The fourth-order valence-electron chi connectivity index (χ4n) is 4.19. The summed E-state index contributed by atoms with van der Waals surface area (Å²) in [5.74, 6) is -0.332. The molecule has 38 heavy (non-hydrogen) atoms. The highest BCUT2D eigenvalue weighted by molar-refractivity contribution is 6.31. The Bertz CT molecular complexity index is 1320. The third-order valence-electron chi connectivity index (χ3n) is 6.17. The fraction of sp³-hybridized carbons (Fsp3) is 0.296. The van der Waals surface area contributed by atoms with E-state index in [0.29, 0.717) is 30.9 Å². The lowest BCUT2D eigenvalue weighted by molar-refractivity contribution is -0.137. The number of hydrogen-bond donors (Lipinski definition) is 1. The van der Waals surface area contributed by atoms with Crippen LogP contribution in [0, 0.1) is 0 Å². The summed E-state index contributed by atoms with van der Waals surface area (Å²) in [6, 6.07) is 12.6. The summed E-state index contributed by atoms with van der Waals surface area (Å²) in [6.45, 7) is 2.62. The molecule has 1 fully saturated rings. The van der Waals surface area contributed by atoms with Crippen molar-refractivity contribution in [3.8, 4) is 5.75 Å². The molecule has 7 nitrogen and oxygen atoms in total. The summed E-state index contributed by atoms with van der Waals surface area (Å²) in [7, 11) is 1.30. The zero-order valence-corrected chi connectivity index (χ0v) is 21.3. The van der Waals surface area contributed by atoms with Gasteiger partial charge < -0.3 is 19.7 Å². The lowest BCUT2D eigenvalue weighted by Crippen LogP contribution is -2.31. The summed E-state index contributed by atoms with van der Waals surface area (Å²) in [6.07, 6.45) is -2.88. The first-order valence-electron chi connectivity index (χ1n) is 11.8. The molecule has 11 heteroatoms. The fourth-order valence-corrected chi connectivity index (χ4v) is 4.35. The molecule has 0 spiro atoms. The van der Waals surface area contributed by atoms with Gasteiger partial charge in [-0.25, -0.2) is 9.78 Å². The lowest BCUT2D eigenvalue weighted by Gasteiger charge is -2.22. The number of nitrogens with one attached hydrogen (secondary N) is 1. The van der Waals surface area contributed by atoms with Crippen LogP contribution in [0.3, 0.4) is 0 Å². The van der Waals surface area contributed by atoms with Crippen LogP contribution in [0.5, 0.6) is 5.75 Å². The van der Waals surface area contributed by atoms with E-state index in [1.54, 1.807) is 31.2 Å². The highest BCUT2D eigenvalue weighted by Gasteiger charge is 2.32. The van der Waals surface area contributed by atoms with Crippen molar-refractivity contribution in [3.63, 3.8) is 0 Å². The molecule has 3 aromatic rings. The Morgan fingerprint density at radius 3 is 2.58 bits per heavy atom. The predicted molar refractivity (Wildman–Crippen MR) is 136 cm³/mol. The van der Waals surface area contributed by atoms with E-state index < -0.39 is 29.7 Å². The maximum atomic E-state index is 13.2. The molecule has 1 aliphatic heterocycles. The highest BCUT2D eigenvalue weighted by atomic mass is 35.5. The van der Waals surface area contributed by atoms with Gasteiger partial charge >= 0.3 is 12.1 Å². The van der Waals surface area contributed by atoms with Crippen molar-refractivity contribution in [2.24, 2.45) is 0 Å². The van der Waals surface area contributed by atoms with Gasteiger partial charge in [-0.1, -0.05) is 29.8 Å². The number of alkyl halides is 3. The molecule has 1 saturated heterocycles. The minimum Gasteiger partial charge on any atom is -0.489 e. The number of carbonyl (C=O) groups is 2. The third-order valence-corrected chi connectivity index (χ3v) is 6.37.